The van der Waals surface area contributed by atoms with Crippen molar-refractivity contribution in [3.63, 3.8) is 0 Å². The van der Waals surface area contributed by atoms with Crippen LogP contribution < -0.4 is 5.32 Å². The monoisotopic (exact) mass is 321 g/mol. The first-order valence-corrected chi connectivity index (χ1v) is 9.55. The number of nitrogens with zero attached hydrogens (tertiary/aromatic N) is 2. The third-order valence-corrected chi connectivity index (χ3v) is 6.30. The van der Waals surface area contributed by atoms with Gasteiger partial charge in [0.1, 0.15) is 0 Å². The molecule has 5 heteroatoms. The molecule has 1 N–H and O–H groups in total. The molecule has 114 valence electrons. The van der Waals surface area contributed by atoms with Gasteiger partial charge in [0.05, 0.1) is 5.69 Å². The zero-order valence-corrected chi connectivity index (χ0v) is 14.6. The van der Waals surface area contributed by atoms with Gasteiger partial charge in [-0.3, -0.25) is 4.68 Å². The lowest BCUT2D eigenvalue weighted by molar-refractivity contribution is 0.516. The van der Waals surface area contributed by atoms with Crippen molar-refractivity contribution in [3.8, 4) is 0 Å². The molecule has 2 aromatic rings. The number of aromatic nitrogens is 2. The van der Waals surface area contributed by atoms with Gasteiger partial charge in [0.2, 0.25) is 0 Å². The van der Waals surface area contributed by atoms with E-state index in [2.05, 4.69) is 61.4 Å². The van der Waals surface area contributed by atoms with Crippen LogP contribution in [0.1, 0.15) is 46.9 Å². The Morgan fingerprint density at radius 3 is 2.95 bits per heavy atom. The van der Waals surface area contributed by atoms with E-state index in [0.717, 1.165) is 6.42 Å². The highest BCUT2D eigenvalue weighted by Gasteiger charge is 2.19. The van der Waals surface area contributed by atoms with E-state index in [0.29, 0.717) is 12.1 Å². The number of hydrogen-bond acceptors (Lipinski definition) is 4. The van der Waals surface area contributed by atoms with Crippen LogP contribution in [0.4, 0.5) is 0 Å². The standard InChI is InChI=1S/C16H23N3S2/c1-11(2)19-6-4-13(18-19)9-14(17-3)16-8-12-10-20-7-5-15(12)21-16/h4,6,8,11,14,17H,5,7,9-10H2,1-3H3. The summed E-state index contributed by atoms with van der Waals surface area (Å²) in [6, 6.07) is 5.36. The summed E-state index contributed by atoms with van der Waals surface area (Å²) in [5, 5.41) is 8.15. The molecule has 1 atom stereocenters. The number of rotatable bonds is 5. The summed E-state index contributed by atoms with van der Waals surface area (Å²) >= 11 is 4.04. The van der Waals surface area contributed by atoms with Crippen molar-refractivity contribution in [2.24, 2.45) is 0 Å². The molecule has 1 unspecified atom stereocenters. The second kappa shape index (κ2) is 6.55. The maximum absolute atomic E-state index is 4.68. The smallest absolute Gasteiger partial charge is 0.0644 e. The summed E-state index contributed by atoms with van der Waals surface area (Å²) in [5.74, 6) is 2.46. The summed E-state index contributed by atoms with van der Waals surface area (Å²) in [6.07, 6.45) is 4.29. The molecule has 0 amide bonds. The van der Waals surface area contributed by atoms with Gasteiger partial charge in [-0.25, -0.2) is 0 Å². The van der Waals surface area contributed by atoms with E-state index < -0.39 is 0 Å². The Kier molecular flexibility index (Phi) is 4.72. The zero-order valence-electron chi connectivity index (χ0n) is 12.9. The first-order chi connectivity index (χ1) is 10.2. The van der Waals surface area contributed by atoms with Crippen molar-refractivity contribution >= 4 is 23.1 Å². The lowest BCUT2D eigenvalue weighted by Gasteiger charge is -2.13. The third-order valence-electron chi connectivity index (χ3n) is 3.94. The fourth-order valence-corrected chi connectivity index (χ4v) is 5.16. The summed E-state index contributed by atoms with van der Waals surface area (Å²) in [5.41, 5.74) is 2.73. The lowest BCUT2D eigenvalue weighted by Crippen LogP contribution is -2.18. The minimum Gasteiger partial charge on any atom is -0.312 e. The number of aryl methyl sites for hydroxylation is 1. The number of thiophene rings is 1. The van der Waals surface area contributed by atoms with Gasteiger partial charge >= 0.3 is 0 Å². The Bertz CT molecular complexity index is 577. The fraction of sp³-hybridized carbons (Fsp3) is 0.562. The van der Waals surface area contributed by atoms with Crippen LogP contribution in [0, 0.1) is 0 Å². The van der Waals surface area contributed by atoms with E-state index in [1.807, 2.05) is 16.0 Å². The predicted octanol–water partition coefficient (Wildman–Crippen LogP) is 3.82. The number of nitrogens with one attached hydrogen (secondary N) is 1. The van der Waals surface area contributed by atoms with Gasteiger partial charge in [0.15, 0.2) is 0 Å². The van der Waals surface area contributed by atoms with Gasteiger partial charge in [0, 0.05) is 40.2 Å². The van der Waals surface area contributed by atoms with E-state index in [1.54, 1.807) is 10.4 Å². The van der Waals surface area contributed by atoms with E-state index in [4.69, 9.17) is 0 Å². The molecule has 0 saturated carbocycles. The molecule has 2 aromatic heterocycles. The molecule has 1 aliphatic heterocycles. The Morgan fingerprint density at radius 1 is 1.43 bits per heavy atom. The number of fused-ring (bicyclic) bond motifs is 1. The first-order valence-electron chi connectivity index (χ1n) is 7.58. The van der Waals surface area contributed by atoms with Crippen LogP contribution in [0.25, 0.3) is 0 Å². The average molecular weight is 322 g/mol. The van der Waals surface area contributed by atoms with Crippen molar-refractivity contribution in [2.75, 3.05) is 12.8 Å². The number of hydrogen-bond donors (Lipinski definition) is 1. The summed E-state index contributed by atoms with van der Waals surface area (Å²) in [6.45, 7) is 4.33. The topological polar surface area (TPSA) is 29.9 Å². The number of thioether (sulfide) groups is 1. The lowest BCUT2D eigenvalue weighted by atomic mass is 10.1. The molecule has 0 aliphatic carbocycles. The minimum atomic E-state index is 0.376. The van der Waals surface area contributed by atoms with E-state index in [1.165, 1.54) is 28.5 Å². The maximum Gasteiger partial charge on any atom is 0.0644 e. The average Bonchev–Trinajstić information content (AvgIpc) is 3.11. The summed E-state index contributed by atoms with van der Waals surface area (Å²) in [4.78, 5) is 3.06. The largest absolute Gasteiger partial charge is 0.312 e. The molecule has 0 radical (unpaired) electrons. The Labute approximate surface area is 135 Å². The highest BCUT2D eigenvalue weighted by Crippen LogP contribution is 2.35. The second-order valence-corrected chi connectivity index (χ2v) is 8.10. The molecule has 0 aromatic carbocycles. The highest BCUT2D eigenvalue weighted by molar-refractivity contribution is 7.98. The molecular weight excluding hydrogens is 298 g/mol. The normalized spacial score (nSPS) is 16.2. The molecule has 21 heavy (non-hydrogen) atoms. The molecule has 3 nitrogen and oxygen atoms in total. The van der Waals surface area contributed by atoms with Gasteiger partial charge in [0.25, 0.3) is 0 Å². The van der Waals surface area contributed by atoms with Crippen molar-refractivity contribution in [1.29, 1.82) is 0 Å². The molecule has 3 rings (SSSR count). The van der Waals surface area contributed by atoms with Crippen LogP contribution in [0.15, 0.2) is 18.3 Å². The van der Waals surface area contributed by atoms with Crippen LogP contribution in [-0.4, -0.2) is 22.6 Å². The van der Waals surface area contributed by atoms with Gasteiger partial charge in [-0.05, 0) is 50.8 Å². The SMILES string of the molecule is CNC(Cc1ccn(C(C)C)n1)c1cc2c(s1)CCSC2. The van der Waals surface area contributed by atoms with Gasteiger partial charge in [-0.2, -0.15) is 16.9 Å². The molecule has 3 heterocycles. The molecule has 0 bridgehead atoms. The van der Waals surface area contributed by atoms with Gasteiger partial charge in [-0.1, -0.05) is 0 Å². The Balaban J connectivity index is 1.76. The van der Waals surface area contributed by atoms with Crippen LogP contribution in [0.5, 0.6) is 0 Å². The molecule has 0 saturated heterocycles. The highest BCUT2D eigenvalue weighted by atomic mass is 32.2. The summed E-state index contributed by atoms with van der Waals surface area (Å²) in [7, 11) is 2.05. The van der Waals surface area contributed by atoms with E-state index in [-0.39, 0.29) is 0 Å². The summed E-state index contributed by atoms with van der Waals surface area (Å²) < 4.78 is 2.04. The van der Waals surface area contributed by atoms with Crippen molar-refractivity contribution < 1.29 is 0 Å². The molecule has 0 fully saturated rings. The van der Waals surface area contributed by atoms with Crippen LogP contribution in [-0.2, 0) is 18.6 Å². The fourth-order valence-electron chi connectivity index (χ4n) is 2.67. The molecule has 1 aliphatic rings. The molecular formula is C16H23N3S2. The Morgan fingerprint density at radius 2 is 2.29 bits per heavy atom. The number of likely N-dealkylation sites (N-methyl/N-ethyl adjacent to an activating group) is 1. The van der Waals surface area contributed by atoms with Gasteiger partial charge < -0.3 is 5.32 Å². The van der Waals surface area contributed by atoms with Crippen LogP contribution in [0.2, 0.25) is 0 Å². The maximum atomic E-state index is 4.68. The first kappa shape index (κ1) is 15.1. The van der Waals surface area contributed by atoms with E-state index in [9.17, 15) is 0 Å². The van der Waals surface area contributed by atoms with Crippen molar-refractivity contribution in [3.05, 3.63) is 39.3 Å². The predicted molar refractivity (Wildman–Crippen MR) is 92.3 cm³/mol. The minimum absolute atomic E-state index is 0.376. The van der Waals surface area contributed by atoms with Crippen LogP contribution in [0.3, 0.4) is 0 Å². The Hall–Kier alpha value is -0.780. The van der Waals surface area contributed by atoms with Crippen LogP contribution >= 0.6 is 23.1 Å². The molecule has 0 spiro atoms. The quantitative estimate of drug-likeness (QED) is 0.908. The third kappa shape index (κ3) is 3.35. The zero-order chi connectivity index (χ0) is 14.8. The van der Waals surface area contributed by atoms with Crippen molar-refractivity contribution in [2.45, 2.75) is 44.5 Å². The van der Waals surface area contributed by atoms with Gasteiger partial charge in [-0.15, -0.1) is 11.3 Å². The van der Waals surface area contributed by atoms with Crippen molar-refractivity contribution in [1.82, 2.24) is 15.1 Å². The van der Waals surface area contributed by atoms with E-state index >= 15 is 0 Å². The second-order valence-electron chi connectivity index (χ2n) is 5.83.